The number of nitro groups is 1. The van der Waals surface area contributed by atoms with E-state index in [4.69, 9.17) is 0 Å². The molecule has 1 amide bonds. The molecule has 3 rings (SSSR count). The van der Waals surface area contributed by atoms with Crippen LogP contribution >= 0.6 is 0 Å². The number of nitro benzene ring substituents is 1. The van der Waals surface area contributed by atoms with Crippen molar-refractivity contribution in [3.63, 3.8) is 0 Å². The molecule has 0 saturated heterocycles. The molecule has 0 aromatic heterocycles. The second-order valence-electron chi connectivity index (χ2n) is 5.44. The quantitative estimate of drug-likeness (QED) is 0.692. The van der Waals surface area contributed by atoms with Gasteiger partial charge in [-0.2, -0.15) is 0 Å². The van der Waals surface area contributed by atoms with Crippen LogP contribution in [0.3, 0.4) is 0 Å². The Balaban J connectivity index is 1.99. The van der Waals surface area contributed by atoms with Crippen LogP contribution in [0.2, 0.25) is 0 Å². The maximum absolute atomic E-state index is 12.7. The lowest BCUT2D eigenvalue weighted by atomic mass is 10.0. The van der Waals surface area contributed by atoms with Gasteiger partial charge >= 0.3 is 0 Å². The molecule has 1 aliphatic heterocycles. The monoisotopic (exact) mass is 311 g/mol. The fraction of sp³-hybridized carbons (Fsp3) is 0.235. The smallest absolute Gasteiger partial charge is 0.269 e. The minimum Gasteiger partial charge on any atom is -0.361 e. The first-order chi connectivity index (χ1) is 11.1. The molecule has 0 saturated carbocycles. The Labute approximate surface area is 133 Å². The number of nitrogens with one attached hydrogen (secondary N) is 1. The first-order valence-electron chi connectivity index (χ1n) is 7.52. The van der Waals surface area contributed by atoms with E-state index in [9.17, 15) is 14.9 Å². The second kappa shape index (κ2) is 6.08. The van der Waals surface area contributed by atoms with Gasteiger partial charge in [0.05, 0.1) is 10.5 Å². The van der Waals surface area contributed by atoms with Crippen LogP contribution in [0, 0.1) is 10.1 Å². The summed E-state index contributed by atoms with van der Waals surface area (Å²) < 4.78 is 0. The van der Waals surface area contributed by atoms with Crippen LogP contribution in [0.1, 0.15) is 35.4 Å². The summed E-state index contributed by atoms with van der Waals surface area (Å²) >= 11 is 0. The summed E-state index contributed by atoms with van der Waals surface area (Å²) in [5, 5.41) is 14.2. The second-order valence-corrected chi connectivity index (χ2v) is 5.44. The van der Waals surface area contributed by atoms with Gasteiger partial charge in [-0.1, -0.05) is 19.1 Å². The van der Waals surface area contributed by atoms with E-state index in [2.05, 4.69) is 5.32 Å². The Morgan fingerprint density at radius 3 is 2.52 bits per heavy atom. The molecule has 2 aromatic carbocycles. The summed E-state index contributed by atoms with van der Waals surface area (Å²) in [7, 11) is 0. The predicted molar refractivity (Wildman–Crippen MR) is 87.2 cm³/mol. The minimum atomic E-state index is -0.428. The van der Waals surface area contributed by atoms with Crippen molar-refractivity contribution in [1.82, 2.24) is 4.90 Å². The van der Waals surface area contributed by atoms with Crippen LogP contribution in [0.25, 0.3) is 0 Å². The summed E-state index contributed by atoms with van der Waals surface area (Å²) in [5.74, 6) is -0.0236. The molecule has 0 radical (unpaired) electrons. The standard InChI is InChI=1S/C17H17N3O3/c1-2-11-19-16(12-7-9-13(10-8-12)20(22)23)18-15-6-4-3-5-14(15)17(19)21/h3-10,16,18H,2,11H2,1H3/t16-/m0/s1. The molecule has 1 atom stereocenters. The molecule has 1 N–H and O–H groups in total. The number of nitrogens with zero attached hydrogens (tertiary/aromatic N) is 2. The van der Waals surface area contributed by atoms with Crippen molar-refractivity contribution in [2.45, 2.75) is 19.5 Å². The fourth-order valence-corrected chi connectivity index (χ4v) is 2.81. The topological polar surface area (TPSA) is 75.5 Å². The number of non-ortho nitro benzene ring substituents is 1. The number of carbonyl (C=O) groups excluding carboxylic acids is 1. The average molecular weight is 311 g/mol. The van der Waals surface area contributed by atoms with Crippen LogP contribution < -0.4 is 5.32 Å². The van der Waals surface area contributed by atoms with Gasteiger partial charge < -0.3 is 10.2 Å². The molecule has 2 aromatic rings. The fourth-order valence-electron chi connectivity index (χ4n) is 2.81. The summed E-state index contributed by atoms with van der Waals surface area (Å²) in [6.07, 6.45) is 0.511. The van der Waals surface area contributed by atoms with E-state index in [-0.39, 0.29) is 17.8 Å². The van der Waals surface area contributed by atoms with Crippen molar-refractivity contribution >= 4 is 17.3 Å². The van der Waals surface area contributed by atoms with Gasteiger partial charge in [0, 0.05) is 24.4 Å². The van der Waals surface area contributed by atoms with Crippen LogP contribution in [0.4, 0.5) is 11.4 Å². The van der Waals surface area contributed by atoms with Gasteiger partial charge in [0.15, 0.2) is 0 Å². The highest BCUT2D eigenvalue weighted by Gasteiger charge is 2.32. The number of rotatable bonds is 4. The molecule has 0 fully saturated rings. The summed E-state index contributed by atoms with van der Waals surface area (Å²) in [6.45, 7) is 2.63. The molecule has 0 aliphatic carbocycles. The number of benzene rings is 2. The Morgan fingerprint density at radius 1 is 1.17 bits per heavy atom. The molecule has 0 spiro atoms. The van der Waals surface area contributed by atoms with Crippen molar-refractivity contribution in [3.05, 3.63) is 69.8 Å². The first kappa shape index (κ1) is 15.0. The summed E-state index contributed by atoms with van der Waals surface area (Å²) in [4.78, 5) is 24.9. The van der Waals surface area contributed by atoms with E-state index in [1.54, 1.807) is 23.1 Å². The number of carbonyl (C=O) groups is 1. The first-order valence-corrected chi connectivity index (χ1v) is 7.52. The van der Waals surface area contributed by atoms with Gasteiger partial charge in [-0.15, -0.1) is 0 Å². The van der Waals surface area contributed by atoms with Gasteiger partial charge in [0.1, 0.15) is 6.17 Å². The van der Waals surface area contributed by atoms with Crippen molar-refractivity contribution in [3.8, 4) is 0 Å². The van der Waals surface area contributed by atoms with Crippen molar-refractivity contribution in [1.29, 1.82) is 0 Å². The average Bonchev–Trinajstić information content (AvgIpc) is 2.57. The van der Waals surface area contributed by atoms with Crippen molar-refractivity contribution < 1.29 is 9.72 Å². The van der Waals surface area contributed by atoms with Crippen molar-refractivity contribution in [2.75, 3.05) is 11.9 Å². The minimum absolute atomic E-state index is 0.0236. The highest BCUT2D eigenvalue weighted by molar-refractivity contribution is 6.01. The molecular formula is C17H17N3O3. The zero-order valence-corrected chi connectivity index (χ0v) is 12.7. The Bertz CT molecular complexity index is 743. The molecule has 1 heterocycles. The third kappa shape index (κ3) is 2.75. The molecule has 6 nitrogen and oxygen atoms in total. The van der Waals surface area contributed by atoms with Crippen LogP contribution in [-0.2, 0) is 0 Å². The Morgan fingerprint density at radius 2 is 1.87 bits per heavy atom. The molecule has 0 unspecified atom stereocenters. The molecular weight excluding hydrogens is 294 g/mol. The largest absolute Gasteiger partial charge is 0.361 e. The zero-order chi connectivity index (χ0) is 16.4. The van der Waals surface area contributed by atoms with Crippen molar-refractivity contribution in [2.24, 2.45) is 0 Å². The lowest BCUT2D eigenvalue weighted by Crippen LogP contribution is -2.43. The van der Waals surface area contributed by atoms with Crippen LogP contribution in [0.15, 0.2) is 48.5 Å². The van der Waals surface area contributed by atoms with Gasteiger partial charge in [0.25, 0.3) is 11.6 Å². The maximum atomic E-state index is 12.7. The van der Waals surface area contributed by atoms with Gasteiger partial charge in [-0.25, -0.2) is 0 Å². The van der Waals surface area contributed by atoms with Gasteiger partial charge in [-0.05, 0) is 36.2 Å². The van der Waals surface area contributed by atoms with E-state index in [1.807, 2.05) is 25.1 Å². The molecule has 1 aliphatic rings. The molecule has 6 heteroatoms. The van der Waals surface area contributed by atoms with E-state index < -0.39 is 4.92 Å². The number of fused-ring (bicyclic) bond motifs is 1. The van der Waals surface area contributed by atoms with E-state index in [1.165, 1.54) is 12.1 Å². The van der Waals surface area contributed by atoms with E-state index in [0.29, 0.717) is 12.1 Å². The third-order valence-corrected chi connectivity index (χ3v) is 3.91. The summed E-state index contributed by atoms with van der Waals surface area (Å²) in [6, 6.07) is 13.7. The number of hydrogen-bond donors (Lipinski definition) is 1. The lowest BCUT2D eigenvalue weighted by molar-refractivity contribution is -0.384. The Kier molecular flexibility index (Phi) is 3.97. The zero-order valence-electron chi connectivity index (χ0n) is 12.7. The molecule has 0 bridgehead atoms. The van der Waals surface area contributed by atoms with E-state index >= 15 is 0 Å². The normalized spacial score (nSPS) is 16.7. The molecule has 118 valence electrons. The maximum Gasteiger partial charge on any atom is 0.269 e. The number of anilines is 1. The summed E-state index contributed by atoms with van der Waals surface area (Å²) in [5.41, 5.74) is 2.30. The SMILES string of the molecule is CCCN1C(=O)c2ccccc2N[C@@H]1c1ccc([N+](=O)[O-])cc1. The highest BCUT2D eigenvalue weighted by atomic mass is 16.6. The van der Waals surface area contributed by atoms with Gasteiger partial charge in [-0.3, -0.25) is 14.9 Å². The highest BCUT2D eigenvalue weighted by Crippen LogP contribution is 2.33. The number of amides is 1. The van der Waals surface area contributed by atoms with Crippen LogP contribution in [0.5, 0.6) is 0 Å². The van der Waals surface area contributed by atoms with Crippen LogP contribution in [-0.4, -0.2) is 22.3 Å². The lowest BCUT2D eigenvalue weighted by Gasteiger charge is -2.38. The van der Waals surface area contributed by atoms with E-state index in [0.717, 1.165) is 17.7 Å². The predicted octanol–water partition coefficient (Wildman–Crippen LogP) is 3.57. The number of hydrogen-bond acceptors (Lipinski definition) is 4. The molecule has 23 heavy (non-hydrogen) atoms. The Hall–Kier alpha value is -2.89. The third-order valence-electron chi connectivity index (χ3n) is 3.91. The van der Waals surface area contributed by atoms with Gasteiger partial charge in [0.2, 0.25) is 0 Å². The number of para-hydroxylation sites is 1.